The lowest BCUT2D eigenvalue weighted by Gasteiger charge is -2.40. The van der Waals surface area contributed by atoms with Crippen LogP contribution in [0.15, 0.2) is 44.7 Å². The molecule has 3 aromatic rings. The minimum absolute atomic E-state index is 0.0831. The molecule has 0 radical (unpaired) electrons. The topological polar surface area (TPSA) is 84.9 Å². The van der Waals surface area contributed by atoms with Gasteiger partial charge in [-0.1, -0.05) is 49.2 Å². The van der Waals surface area contributed by atoms with Gasteiger partial charge >= 0.3 is 5.97 Å². The van der Waals surface area contributed by atoms with Crippen LogP contribution in [0.3, 0.4) is 0 Å². The Hall–Kier alpha value is -2.68. The van der Waals surface area contributed by atoms with Gasteiger partial charge in [0.1, 0.15) is 17.1 Å². The van der Waals surface area contributed by atoms with Crippen molar-refractivity contribution < 1.29 is 23.6 Å². The van der Waals surface area contributed by atoms with E-state index in [1.165, 1.54) is 17.8 Å². The molecule has 4 atom stereocenters. The molecular weight excluding hydrogens is 563 g/mol. The molecule has 0 saturated heterocycles. The summed E-state index contributed by atoms with van der Waals surface area (Å²) >= 11 is 8.07. The molecule has 0 aliphatic heterocycles. The lowest BCUT2D eigenvalue weighted by molar-refractivity contribution is -0.0299. The highest BCUT2D eigenvalue weighted by Gasteiger charge is 2.37. The molecule has 41 heavy (non-hydrogen) atoms. The molecule has 6 nitrogen and oxygen atoms in total. The van der Waals surface area contributed by atoms with Crippen molar-refractivity contribution >= 4 is 41.7 Å². The summed E-state index contributed by atoms with van der Waals surface area (Å²) in [5, 5.41) is 14.5. The predicted octanol–water partition coefficient (Wildman–Crippen LogP) is 9.10. The van der Waals surface area contributed by atoms with Crippen molar-refractivity contribution in [2.24, 2.45) is 22.7 Å². The highest BCUT2D eigenvalue weighted by molar-refractivity contribution is 7.99. The summed E-state index contributed by atoms with van der Waals surface area (Å²) in [5.74, 6) is 1.39. The van der Waals surface area contributed by atoms with Crippen LogP contribution < -0.4 is 0 Å². The van der Waals surface area contributed by atoms with Crippen LogP contribution in [0.4, 0.5) is 10.1 Å². The maximum atomic E-state index is 14.5. The second-order valence-electron chi connectivity index (χ2n) is 11.4. The summed E-state index contributed by atoms with van der Waals surface area (Å²) in [6, 6.07) is 8.35. The highest BCUT2D eigenvalue weighted by atomic mass is 35.5. The van der Waals surface area contributed by atoms with Crippen molar-refractivity contribution in [3.63, 3.8) is 0 Å². The van der Waals surface area contributed by atoms with Crippen molar-refractivity contribution in [3.8, 4) is 11.3 Å². The summed E-state index contributed by atoms with van der Waals surface area (Å²) in [6.45, 7) is 10.4. The molecular formula is C32H36ClFN2O4S. The van der Waals surface area contributed by atoms with Gasteiger partial charge in [-0.15, -0.1) is 11.8 Å². The van der Waals surface area contributed by atoms with Crippen LogP contribution in [0.25, 0.3) is 11.3 Å². The smallest absolute Gasteiger partial charge is 0.335 e. The molecule has 1 aromatic heterocycles. The predicted molar refractivity (Wildman–Crippen MR) is 161 cm³/mol. The van der Waals surface area contributed by atoms with Crippen molar-refractivity contribution in [1.82, 2.24) is 5.16 Å². The maximum absolute atomic E-state index is 14.5. The Morgan fingerprint density at radius 1 is 1.32 bits per heavy atom. The van der Waals surface area contributed by atoms with Gasteiger partial charge in [0, 0.05) is 27.7 Å². The molecule has 0 unspecified atom stereocenters. The number of aryl methyl sites for hydroxylation is 1. The highest BCUT2D eigenvalue weighted by Crippen LogP contribution is 2.47. The fourth-order valence-electron chi connectivity index (χ4n) is 6.17. The number of benzene rings is 2. The summed E-state index contributed by atoms with van der Waals surface area (Å²) in [7, 11) is 0. The van der Waals surface area contributed by atoms with Crippen molar-refractivity contribution in [2.75, 3.05) is 5.75 Å². The van der Waals surface area contributed by atoms with E-state index in [-0.39, 0.29) is 17.4 Å². The van der Waals surface area contributed by atoms with E-state index in [1.807, 2.05) is 25.1 Å². The summed E-state index contributed by atoms with van der Waals surface area (Å²) in [5.41, 5.74) is 3.77. The van der Waals surface area contributed by atoms with Gasteiger partial charge in [0.2, 0.25) is 0 Å². The lowest BCUT2D eigenvalue weighted by atomic mass is 9.71. The third-order valence-electron chi connectivity index (χ3n) is 8.61. The van der Waals surface area contributed by atoms with E-state index < -0.39 is 11.8 Å². The number of halogens is 2. The Morgan fingerprint density at radius 2 is 2.10 bits per heavy atom. The van der Waals surface area contributed by atoms with Gasteiger partial charge in [0.25, 0.3) is 0 Å². The number of carboxylic acids is 1. The van der Waals surface area contributed by atoms with Crippen LogP contribution in [-0.4, -0.2) is 34.8 Å². The quantitative estimate of drug-likeness (QED) is 0.175. The summed E-state index contributed by atoms with van der Waals surface area (Å²) in [6.07, 6.45) is 5.12. The van der Waals surface area contributed by atoms with Gasteiger partial charge in [0.05, 0.1) is 23.3 Å². The molecule has 5 rings (SSSR count). The molecule has 0 amide bonds. The number of carboxylic acid groups (broad SMARTS) is 1. The van der Waals surface area contributed by atoms with Gasteiger partial charge in [-0.25, -0.2) is 9.18 Å². The Labute approximate surface area is 249 Å². The first-order valence-corrected chi connectivity index (χ1v) is 15.6. The molecule has 1 heterocycles. The normalized spacial score (nSPS) is 22.6. The first kappa shape index (κ1) is 29.8. The largest absolute Gasteiger partial charge is 0.478 e. The Morgan fingerprint density at radius 3 is 2.76 bits per heavy atom. The fraction of sp³-hybridized carbons (Fsp3) is 0.469. The van der Waals surface area contributed by atoms with Crippen LogP contribution in [0, 0.1) is 30.5 Å². The molecule has 1 N–H and O–H groups in total. The third-order valence-corrected chi connectivity index (χ3v) is 10.1. The average Bonchev–Trinajstić information content (AvgIpc) is 3.70. The van der Waals surface area contributed by atoms with Crippen molar-refractivity contribution in [1.29, 1.82) is 0 Å². The Kier molecular flexibility index (Phi) is 9.21. The van der Waals surface area contributed by atoms with E-state index in [9.17, 15) is 14.3 Å². The number of hydrogen-bond acceptors (Lipinski definition) is 6. The number of thioether (sulfide) groups is 1. The number of aliphatic imine (C=N–C) groups is 1. The molecule has 218 valence electrons. The number of aromatic carboxylic acids is 1. The van der Waals surface area contributed by atoms with E-state index in [2.05, 4.69) is 30.7 Å². The molecule has 2 fully saturated rings. The van der Waals surface area contributed by atoms with Gasteiger partial charge in [-0.3, -0.25) is 4.99 Å². The SMILES string of the molecule is C=Nc1c(F)cc(C(=O)O)cc1SC[C@@H]1[C@H](CC)C[C@@H](OCc2c(-c3c(C)cccc3Cl)noc2C2CC2)C[C@@H]1C. The van der Waals surface area contributed by atoms with Gasteiger partial charge in [-0.05, 0) is 80.8 Å². The van der Waals surface area contributed by atoms with Crippen LogP contribution in [0.2, 0.25) is 5.02 Å². The molecule has 2 aliphatic carbocycles. The minimum atomic E-state index is -1.16. The monoisotopic (exact) mass is 598 g/mol. The van der Waals surface area contributed by atoms with Gasteiger partial charge in [0.15, 0.2) is 5.82 Å². The first-order chi connectivity index (χ1) is 19.7. The molecule has 9 heteroatoms. The number of rotatable bonds is 11. The minimum Gasteiger partial charge on any atom is -0.478 e. The van der Waals surface area contributed by atoms with E-state index in [0.29, 0.717) is 40.2 Å². The summed E-state index contributed by atoms with van der Waals surface area (Å²) < 4.78 is 27.0. The van der Waals surface area contributed by atoms with Gasteiger partial charge in [-0.2, -0.15) is 0 Å². The zero-order valence-corrected chi connectivity index (χ0v) is 25.2. The van der Waals surface area contributed by atoms with Crippen LogP contribution >= 0.6 is 23.4 Å². The van der Waals surface area contributed by atoms with Crippen LogP contribution in [0.5, 0.6) is 0 Å². The van der Waals surface area contributed by atoms with Crippen molar-refractivity contribution in [2.45, 2.75) is 76.4 Å². The lowest BCUT2D eigenvalue weighted by Crippen LogP contribution is -2.36. The standard InChI is InChI=1S/C32H36ClFN2O4S/c1-5-19-12-22(11-18(3)24(19)16-41-27-14-21(32(37)38)13-26(34)30(27)35-4)39-15-23-29(36-40-31(23)20-9-10-20)28-17(2)7-6-8-25(28)33/h6-8,13-14,18-20,22,24H,4-5,9-12,15-16H2,1-3H3,(H,37,38)/t18-,19+,22-,24-/m0/s1. The summed E-state index contributed by atoms with van der Waals surface area (Å²) in [4.78, 5) is 15.8. The maximum Gasteiger partial charge on any atom is 0.335 e. The molecule has 2 aromatic carbocycles. The van der Waals surface area contributed by atoms with E-state index in [1.54, 1.807) is 0 Å². The zero-order valence-electron chi connectivity index (χ0n) is 23.7. The second-order valence-corrected chi connectivity index (χ2v) is 12.8. The zero-order chi connectivity index (χ0) is 29.3. The second kappa shape index (κ2) is 12.7. The first-order valence-electron chi connectivity index (χ1n) is 14.2. The number of carbonyl (C=O) groups is 1. The molecule has 2 aliphatic rings. The molecule has 0 bridgehead atoms. The Bertz CT molecular complexity index is 1420. The average molecular weight is 599 g/mol. The van der Waals surface area contributed by atoms with Crippen LogP contribution in [0.1, 0.15) is 79.1 Å². The fourth-order valence-corrected chi connectivity index (χ4v) is 7.97. The van der Waals surface area contributed by atoms with E-state index in [0.717, 1.165) is 72.1 Å². The number of hydrogen-bond donors (Lipinski definition) is 1. The molecule has 2 saturated carbocycles. The van der Waals surface area contributed by atoms with E-state index in [4.69, 9.17) is 20.9 Å². The molecule has 0 spiro atoms. The number of aromatic nitrogens is 1. The number of nitrogens with zero attached hydrogens (tertiary/aromatic N) is 2. The van der Waals surface area contributed by atoms with Gasteiger partial charge < -0.3 is 14.4 Å². The number of ether oxygens (including phenoxy) is 1. The van der Waals surface area contributed by atoms with Crippen LogP contribution in [-0.2, 0) is 11.3 Å². The van der Waals surface area contributed by atoms with Crippen molar-refractivity contribution in [3.05, 3.63) is 63.6 Å². The van der Waals surface area contributed by atoms with E-state index >= 15 is 0 Å². The Balaban J connectivity index is 1.29. The third kappa shape index (κ3) is 6.40.